The summed E-state index contributed by atoms with van der Waals surface area (Å²) in [5, 5.41) is 14.5. The Morgan fingerprint density at radius 1 is 1.17 bits per heavy atom. The summed E-state index contributed by atoms with van der Waals surface area (Å²) in [7, 11) is -3.68. The topological polar surface area (TPSA) is 92.6 Å². The molecule has 1 fully saturated rings. The molecule has 0 aliphatic carbocycles. The van der Waals surface area contributed by atoms with Crippen LogP contribution in [-0.4, -0.2) is 36.8 Å². The van der Waals surface area contributed by atoms with Crippen molar-refractivity contribution in [3.8, 4) is 0 Å². The fourth-order valence-corrected chi connectivity index (χ4v) is 4.15. The Morgan fingerprint density at radius 2 is 1.79 bits per heavy atom. The van der Waals surface area contributed by atoms with Crippen LogP contribution in [0.4, 0.5) is 11.4 Å². The van der Waals surface area contributed by atoms with Crippen molar-refractivity contribution in [1.82, 2.24) is 4.31 Å². The number of anilines is 1. The highest BCUT2D eigenvalue weighted by Crippen LogP contribution is 2.31. The van der Waals surface area contributed by atoms with Crippen LogP contribution in [0.2, 0.25) is 0 Å². The number of hydrogen-bond acceptors (Lipinski definition) is 5. The van der Waals surface area contributed by atoms with E-state index in [1.165, 1.54) is 22.5 Å². The minimum absolute atomic E-state index is 0.0150. The number of piperidine rings is 1. The standard InChI is InChI=1S/C16H25N3O4S/c1-12(2)13(3)17-15-8-7-14(11-16(15)19(20)21)24(22,23)18-9-5-4-6-10-18/h7-8,11-13,17H,4-6,9-10H2,1-3H3/t13-/m1/s1. The first-order valence-corrected chi connectivity index (χ1v) is 9.72. The zero-order valence-corrected chi connectivity index (χ0v) is 15.2. The SMILES string of the molecule is CC(C)[C@@H](C)Nc1ccc(S(=O)(=O)N2CCCCC2)cc1[N+](=O)[O-]. The number of hydrogen-bond donors (Lipinski definition) is 1. The summed E-state index contributed by atoms with van der Waals surface area (Å²) < 4.78 is 26.8. The quantitative estimate of drug-likeness (QED) is 0.625. The van der Waals surface area contributed by atoms with Gasteiger partial charge in [0.15, 0.2) is 0 Å². The van der Waals surface area contributed by atoms with E-state index in [0.29, 0.717) is 24.7 Å². The van der Waals surface area contributed by atoms with Crippen molar-refractivity contribution in [2.45, 2.75) is 51.0 Å². The molecule has 134 valence electrons. The average Bonchev–Trinajstić information content (AvgIpc) is 2.55. The molecule has 2 rings (SSSR count). The molecular formula is C16H25N3O4S. The van der Waals surface area contributed by atoms with E-state index in [9.17, 15) is 18.5 Å². The molecule has 0 bridgehead atoms. The van der Waals surface area contributed by atoms with Crippen molar-refractivity contribution in [1.29, 1.82) is 0 Å². The van der Waals surface area contributed by atoms with Crippen LogP contribution in [0.15, 0.2) is 23.1 Å². The van der Waals surface area contributed by atoms with Crippen molar-refractivity contribution < 1.29 is 13.3 Å². The van der Waals surface area contributed by atoms with E-state index in [-0.39, 0.29) is 16.6 Å². The lowest BCUT2D eigenvalue weighted by molar-refractivity contribution is -0.384. The average molecular weight is 355 g/mol. The summed E-state index contributed by atoms with van der Waals surface area (Å²) in [4.78, 5) is 10.8. The molecule has 0 radical (unpaired) electrons. The normalized spacial score (nSPS) is 17.7. The summed E-state index contributed by atoms with van der Waals surface area (Å²) in [5.41, 5.74) is 0.138. The van der Waals surface area contributed by atoms with Crippen molar-refractivity contribution >= 4 is 21.4 Å². The lowest BCUT2D eigenvalue weighted by Gasteiger charge is -2.26. The van der Waals surface area contributed by atoms with E-state index in [1.54, 1.807) is 0 Å². The molecule has 1 aliphatic rings. The third-order valence-corrected chi connectivity index (χ3v) is 6.40. The summed E-state index contributed by atoms with van der Waals surface area (Å²) in [6.45, 7) is 6.91. The minimum atomic E-state index is -3.68. The van der Waals surface area contributed by atoms with Gasteiger partial charge in [-0.2, -0.15) is 4.31 Å². The molecule has 0 amide bonds. The second-order valence-corrected chi connectivity index (χ2v) is 8.52. The second-order valence-electron chi connectivity index (χ2n) is 6.58. The number of nitrogens with zero attached hydrogens (tertiary/aromatic N) is 2. The minimum Gasteiger partial charge on any atom is -0.377 e. The highest BCUT2D eigenvalue weighted by atomic mass is 32.2. The molecule has 8 heteroatoms. The lowest BCUT2D eigenvalue weighted by Crippen LogP contribution is -2.35. The van der Waals surface area contributed by atoms with Gasteiger partial charge in [0.25, 0.3) is 5.69 Å². The van der Waals surface area contributed by atoms with Gasteiger partial charge in [-0.1, -0.05) is 20.3 Å². The smallest absolute Gasteiger partial charge is 0.293 e. The Balaban J connectivity index is 2.36. The van der Waals surface area contributed by atoms with E-state index in [0.717, 1.165) is 19.3 Å². The Kier molecular flexibility index (Phi) is 5.82. The number of sulfonamides is 1. The molecular weight excluding hydrogens is 330 g/mol. The van der Waals surface area contributed by atoms with Gasteiger partial charge in [0, 0.05) is 25.2 Å². The Labute approximate surface area is 143 Å². The maximum atomic E-state index is 12.7. The predicted octanol–water partition coefficient (Wildman–Crippen LogP) is 3.23. The van der Waals surface area contributed by atoms with Gasteiger partial charge in [0.05, 0.1) is 9.82 Å². The third-order valence-electron chi connectivity index (χ3n) is 4.50. The molecule has 0 spiro atoms. The fraction of sp³-hybridized carbons (Fsp3) is 0.625. The van der Waals surface area contributed by atoms with Gasteiger partial charge in [-0.3, -0.25) is 10.1 Å². The molecule has 0 unspecified atom stereocenters. The molecule has 1 heterocycles. The molecule has 7 nitrogen and oxygen atoms in total. The largest absolute Gasteiger partial charge is 0.377 e. The fourth-order valence-electron chi connectivity index (χ4n) is 2.61. The Morgan fingerprint density at radius 3 is 2.33 bits per heavy atom. The van der Waals surface area contributed by atoms with Crippen LogP contribution >= 0.6 is 0 Å². The lowest BCUT2D eigenvalue weighted by atomic mass is 10.1. The van der Waals surface area contributed by atoms with Gasteiger partial charge in [-0.15, -0.1) is 0 Å². The highest BCUT2D eigenvalue weighted by Gasteiger charge is 2.28. The predicted molar refractivity (Wildman–Crippen MR) is 93.6 cm³/mol. The molecule has 0 aromatic heterocycles. The molecule has 1 atom stereocenters. The van der Waals surface area contributed by atoms with Gasteiger partial charge in [0.1, 0.15) is 5.69 Å². The maximum Gasteiger partial charge on any atom is 0.293 e. The zero-order chi connectivity index (χ0) is 17.9. The zero-order valence-electron chi connectivity index (χ0n) is 14.4. The monoisotopic (exact) mass is 355 g/mol. The van der Waals surface area contributed by atoms with Crippen molar-refractivity contribution in [3.05, 3.63) is 28.3 Å². The van der Waals surface area contributed by atoms with Gasteiger partial charge in [0.2, 0.25) is 10.0 Å². The van der Waals surface area contributed by atoms with E-state index < -0.39 is 14.9 Å². The van der Waals surface area contributed by atoms with Gasteiger partial charge in [-0.05, 0) is 37.8 Å². The van der Waals surface area contributed by atoms with Crippen LogP contribution in [0, 0.1) is 16.0 Å². The van der Waals surface area contributed by atoms with Gasteiger partial charge in [-0.25, -0.2) is 8.42 Å². The number of rotatable bonds is 6. The van der Waals surface area contributed by atoms with E-state index >= 15 is 0 Å². The van der Waals surface area contributed by atoms with Crippen LogP contribution < -0.4 is 5.32 Å². The van der Waals surface area contributed by atoms with Crippen molar-refractivity contribution in [3.63, 3.8) is 0 Å². The first-order chi connectivity index (χ1) is 11.2. The van der Waals surface area contributed by atoms with Crippen LogP contribution in [0.3, 0.4) is 0 Å². The number of nitro benzene ring substituents is 1. The van der Waals surface area contributed by atoms with Crippen molar-refractivity contribution in [2.75, 3.05) is 18.4 Å². The third kappa shape index (κ3) is 4.05. The summed E-state index contributed by atoms with van der Waals surface area (Å²) in [6, 6.07) is 4.15. The second kappa shape index (κ2) is 7.48. The Hall–Kier alpha value is -1.67. The van der Waals surface area contributed by atoms with Crippen LogP contribution in [0.5, 0.6) is 0 Å². The molecule has 1 aliphatic heterocycles. The van der Waals surface area contributed by atoms with Crippen LogP contribution in [0.1, 0.15) is 40.0 Å². The molecule has 1 aromatic rings. The Bertz CT molecular complexity index is 697. The van der Waals surface area contributed by atoms with E-state index in [1.807, 2.05) is 20.8 Å². The van der Waals surface area contributed by atoms with Gasteiger partial charge < -0.3 is 5.32 Å². The van der Waals surface area contributed by atoms with Crippen molar-refractivity contribution in [2.24, 2.45) is 5.92 Å². The van der Waals surface area contributed by atoms with Crippen LogP contribution in [0.25, 0.3) is 0 Å². The summed E-state index contributed by atoms with van der Waals surface area (Å²) in [5.74, 6) is 0.293. The molecule has 0 saturated carbocycles. The molecule has 1 aromatic carbocycles. The molecule has 1 N–H and O–H groups in total. The first kappa shape index (κ1) is 18.7. The summed E-state index contributed by atoms with van der Waals surface area (Å²) >= 11 is 0. The van der Waals surface area contributed by atoms with E-state index in [4.69, 9.17) is 0 Å². The van der Waals surface area contributed by atoms with E-state index in [2.05, 4.69) is 5.32 Å². The van der Waals surface area contributed by atoms with Gasteiger partial charge >= 0.3 is 0 Å². The highest BCUT2D eigenvalue weighted by molar-refractivity contribution is 7.89. The summed E-state index contributed by atoms with van der Waals surface area (Å²) in [6.07, 6.45) is 2.67. The maximum absolute atomic E-state index is 12.7. The number of nitro groups is 1. The van der Waals surface area contributed by atoms with Crippen LogP contribution in [-0.2, 0) is 10.0 Å². The number of nitrogens with one attached hydrogen (secondary N) is 1. The molecule has 24 heavy (non-hydrogen) atoms. The number of benzene rings is 1. The molecule has 1 saturated heterocycles. The first-order valence-electron chi connectivity index (χ1n) is 8.28.